The molecule has 1 aromatic rings. The van der Waals surface area contributed by atoms with Crippen molar-refractivity contribution in [2.24, 2.45) is 5.73 Å². The summed E-state index contributed by atoms with van der Waals surface area (Å²) in [6.45, 7) is 4.44. The normalized spacial score (nSPS) is 15.9. The van der Waals surface area contributed by atoms with Crippen molar-refractivity contribution < 1.29 is 9.18 Å². The number of carbonyl (C=O) groups excluding carboxylic acids is 1. The van der Waals surface area contributed by atoms with Crippen molar-refractivity contribution in [3.8, 4) is 0 Å². The summed E-state index contributed by atoms with van der Waals surface area (Å²) in [7, 11) is 0. The van der Waals surface area contributed by atoms with Gasteiger partial charge in [0.05, 0.1) is 5.69 Å². The lowest BCUT2D eigenvalue weighted by molar-refractivity contribution is -0.129. The Hall–Kier alpha value is -1.62. The van der Waals surface area contributed by atoms with Crippen molar-refractivity contribution in [3.05, 3.63) is 29.6 Å². The second-order valence-electron chi connectivity index (χ2n) is 4.44. The second-order valence-corrected chi connectivity index (χ2v) is 4.44. The molecule has 2 N–H and O–H groups in total. The average molecular weight is 251 g/mol. The van der Waals surface area contributed by atoms with E-state index in [-0.39, 0.29) is 11.7 Å². The highest BCUT2D eigenvalue weighted by Gasteiger charge is 2.22. The van der Waals surface area contributed by atoms with Crippen LogP contribution in [0, 0.1) is 5.82 Å². The lowest BCUT2D eigenvalue weighted by atomic mass is 10.1. The van der Waals surface area contributed by atoms with E-state index in [0.29, 0.717) is 38.4 Å². The minimum absolute atomic E-state index is 0.0715. The van der Waals surface area contributed by atoms with Crippen molar-refractivity contribution in [3.63, 3.8) is 0 Å². The number of anilines is 1. The number of piperazine rings is 1. The van der Waals surface area contributed by atoms with E-state index in [2.05, 4.69) is 0 Å². The van der Waals surface area contributed by atoms with E-state index in [4.69, 9.17) is 5.73 Å². The molecule has 0 saturated carbocycles. The number of halogens is 1. The lowest BCUT2D eigenvalue weighted by Crippen LogP contribution is -2.48. The van der Waals surface area contributed by atoms with Crippen LogP contribution >= 0.6 is 0 Å². The molecule has 98 valence electrons. The molecule has 1 aromatic carbocycles. The molecule has 0 atom stereocenters. The van der Waals surface area contributed by atoms with E-state index in [9.17, 15) is 9.18 Å². The van der Waals surface area contributed by atoms with Crippen molar-refractivity contribution in [1.29, 1.82) is 0 Å². The molecule has 0 aliphatic carbocycles. The molecular weight excluding hydrogens is 233 g/mol. The smallest absolute Gasteiger partial charge is 0.219 e. The van der Waals surface area contributed by atoms with Gasteiger partial charge in [-0.05, 0) is 11.6 Å². The van der Waals surface area contributed by atoms with E-state index in [1.165, 1.54) is 6.07 Å². The average Bonchev–Trinajstić information content (AvgIpc) is 2.38. The third-order valence-electron chi connectivity index (χ3n) is 3.33. The predicted octanol–water partition coefficient (Wildman–Crippen LogP) is 0.953. The van der Waals surface area contributed by atoms with Gasteiger partial charge in [-0.25, -0.2) is 4.39 Å². The molecule has 2 rings (SSSR count). The minimum Gasteiger partial charge on any atom is -0.365 e. The number of nitrogens with two attached hydrogens (primary N) is 1. The highest BCUT2D eigenvalue weighted by molar-refractivity contribution is 5.73. The topological polar surface area (TPSA) is 49.6 Å². The summed E-state index contributed by atoms with van der Waals surface area (Å²) in [5.74, 6) is -0.170. The molecule has 1 aliphatic rings. The monoisotopic (exact) mass is 251 g/mol. The van der Waals surface area contributed by atoms with Gasteiger partial charge in [-0.15, -0.1) is 0 Å². The van der Waals surface area contributed by atoms with Gasteiger partial charge in [-0.2, -0.15) is 0 Å². The summed E-state index contributed by atoms with van der Waals surface area (Å²) in [4.78, 5) is 15.0. The van der Waals surface area contributed by atoms with Crippen LogP contribution in [-0.2, 0) is 11.3 Å². The van der Waals surface area contributed by atoms with Crippen LogP contribution in [-0.4, -0.2) is 37.0 Å². The fourth-order valence-corrected chi connectivity index (χ4v) is 2.32. The number of amides is 1. The molecule has 1 amide bonds. The highest BCUT2D eigenvalue weighted by Crippen LogP contribution is 2.25. The molecule has 0 unspecified atom stereocenters. The van der Waals surface area contributed by atoms with Crippen molar-refractivity contribution in [2.75, 3.05) is 31.1 Å². The predicted molar refractivity (Wildman–Crippen MR) is 68.8 cm³/mol. The van der Waals surface area contributed by atoms with E-state index in [0.717, 1.165) is 5.56 Å². The van der Waals surface area contributed by atoms with Crippen molar-refractivity contribution >= 4 is 11.6 Å². The molecule has 1 heterocycles. The fourth-order valence-electron chi connectivity index (χ4n) is 2.32. The first-order chi connectivity index (χ1) is 8.63. The quantitative estimate of drug-likeness (QED) is 0.851. The number of nitrogens with zero attached hydrogens (tertiary/aromatic N) is 2. The van der Waals surface area contributed by atoms with E-state index < -0.39 is 0 Å². The Bertz CT molecular complexity index is 442. The zero-order valence-electron chi connectivity index (χ0n) is 10.5. The van der Waals surface area contributed by atoms with Gasteiger partial charge in [0, 0.05) is 39.6 Å². The summed E-state index contributed by atoms with van der Waals surface area (Å²) < 4.78 is 13.9. The Kier molecular flexibility index (Phi) is 3.81. The molecule has 0 spiro atoms. The Balaban J connectivity index is 2.17. The summed E-state index contributed by atoms with van der Waals surface area (Å²) in [5, 5.41) is 0. The van der Waals surface area contributed by atoms with Crippen LogP contribution in [0.2, 0.25) is 0 Å². The van der Waals surface area contributed by atoms with Crippen LogP contribution < -0.4 is 10.6 Å². The van der Waals surface area contributed by atoms with E-state index in [1.54, 1.807) is 17.9 Å². The largest absolute Gasteiger partial charge is 0.365 e. The molecule has 0 radical (unpaired) electrons. The minimum atomic E-state index is -0.241. The molecule has 0 bridgehead atoms. The number of benzene rings is 1. The van der Waals surface area contributed by atoms with Crippen molar-refractivity contribution in [2.45, 2.75) is 13.5 Å². The first kappa shape index (κ1) is 12.8. The Morgan fingerprint density at radius 1 is 1.33 bits per heavy atom. The molecule has 5 heteroatoms. The van der Waals surface area contributed by atoms with Gasteiger partial charge in [-0.3, -0.25) is 4.79 Å². The Morgan fingerprint density at radius 2 is 2.00 bits per heavy atom. The molecule has 0 aromatic heterocycles. The number of hydrogen-bond donors (Lipinski definition) is 1. The summed E-state index contributed by atoms with van der Waals surface area (Å²) in [5.41, 5.74) is 7.04. The first-order valence-electron chi connectivity index (χ1n) is 6.11. The molecule has 4 nitrogen and oxygen atoms in total. The maximum atomic E-state index is 13.9. The highest BCUT2D eigenvalue weighted by atomic mass is 19.1. The second kappa shape index (κ2) is 5.35. The third-order valence-corrected chi connectivity index (χ3v) is 3.33. The number of hydrogen-bond acceptors (Lipinski definition) is 3. The molecule has 1 aliphatic heterocycles. The molecular formula is C13H18FN3O. The fraction of sp³-hybridized carbons (Fsp3) is 0.462. The van der Waals surface area contributed by atoms with Crippen LogP contribution in [0.1, 0.15) is 12.5 Å². The lowest BCUT2D eigenvalue weighted by Gasteiger charge is -2.36. The van der Waals surface area contributed by atoms with Gasteiger partial charge in [-0.1, -0.05) is 12.1 Å². The zero-order chi connectivity index (χ0) is 13.1. The summed E-state index contributed by atoms with van der Waals surface area (Å²) in [6, 6.07) is 4.97. The van der Waals surface area contributed by atoms with Crippen LogP contribution in [0.4, 0.5) is 10.1 Å². The van der Waals surface area contributed by atoms with Crippen molar-refractivity contribution in [1.82, 2.24) is 4.90 Å². The SMILES string of the molecule is CC(=O)N1CCN(c2c(F)cccc2CN)CC1. The number of para-hydroxylation sites is 1. The van der Waals surface area contributed by atoms with Gasteiger partial charge in [0.2, 0.25) is 5.91 Å². The van der Waals surface area contributed by atoms with E-state index in [1.807, 2.05) is 11.0 Å². The van der Waals surface area contributed by atoms with E-state index >= 15 is 0 Å². The zero-order valence-corrected chi connectivity index (χ0v) is 10.5. The van der Waals surface area contributed by atoms with Gasteiger partial charge in [0.25, 0.3) is 0 Å². The van der Waals surface area contributed by atoms with Crippen LogP contribution in [0.5, 0.6) is 0 Å². The first-order valence-corrected chi connectivity index (χ1v) is 6.11. The molecule has 1 saturated heterocycles. The maximum Gasteiger partial charge on any atom is 0.219 e. The van der Waals surface area contributed by atoms with Crippen LogP contribution in [0.25, 0.3) is 0 Å². The number of carbonyl (C=O) groups is 1. The summed E-state index contributed by atoms with van der Waals surface area (Å²) in [6.07, 6.45) is 0. The third kappa shape index (κ3) is 2.46. The maximum absolute atomic E-state index is 13.9. The van der Waals surface area contributed by atoms with Gasteiger partial charge >= 0.3 is 0 Å². The summed E-state index contributed by atoms with van der Waals surface area (Å²) >= 11 is 0. The van der Waals surface area contributed by atoms with Gasteiger partial charge in [0.15, 0.2) is 0 Å². The molecule has 18 heavy (non-hydrogen) atoms. The van der Waals surface area contributed by atoms with Crippen LogP contribution in [0.3, 0.4) is 0 Å². The standard InChI is InChI=1S/C13H18FN3O/c1-10(18)16-5-7-17(8-6-16)13-11(9-15)3-2-4-12(13)14/h2-4H,5-9,15H2,1H3. The Morgan fingerprint density at radius 3 is 2.56 bits per heavy atom. The van der Waals surface area contributed by atoms with Crippen LogP contribution in [0.15, 0.2) is 18.2 Å². The van der Waals surface area contributed by atoms with Gasteiger partial charge < -0.3 is 15.5 Å². The Labute approximate surface area is 106 Å². The number of rotatable bonds is 2. The molecule has 1 fully saturated rings. The van der Waals surface area contributed by atoms with Gasteiger partial charge in [0.1, 0.15) is 5.82 Å².